The van der Waals surface area contributed by atoms with Crippen LogP contribution in [0.25, 0.3) is 5.00 Å². The predicted molar refractivity (Wildman–Crippen MR) is 73.6 cm³/mol. The van der Waals surface area contributed by atoms with Gasteiger partial charge in [-0.2, -0.15) is 13.2 Å². The lowest BCUT2D eigenvalue weighted by molar-refractivity contribution is -0.141. The van der Waals surface area contributed by atoms with Gasteiger partial charge in [0.05, 0.1) is 12.7 Å². The van der Waals surface area contributed by atoms with Crippen LogP contribution < -0.4 is 5.32 Å². The van der Waals surface area contributed by atoms with Gasteiger partial charge < -0.3 is 5.32 Å². The summed E-state index contributed by atoms with van der Waals surface area (Å²) in [5, 5.41) is 13.4. The van der Waals surface area contributed by atoms with Gasteiger partial charge in [-0.3, -0.25) is 0 Å². The zero-order valence-electron chi connectivity index (χ0n) is 10.9. The highest BCUT2D eigenvalue weighted by Gasteiger charge is 2.32. The molecule has 0 aliphatic rings. The number of nitrogens with one attached hydrogen (secondary N) is 1. The van der Waals surface area contributed by atoms with Crippen molar-refractivity contribution in [2.75, 3.05) is 5.32 Å². The average molecular weight is 326 g/mol. The summed E-state index contributed by atoms with van der Waals surface area (Å²) >= 11 is 1.50. The van der Waals surface area contributed by atoms with Crippen molar-refractivity contribution in [2.45, 2.75) is 12.7 Å². The molecule has 0 aliphatic carbocycles. The van der Waals surface area contributed by atoms with Crippen LogP contribution in [0.4, 0.5) is 19.1 Å². The highest BCUT2D eigenvalue weighted by Crippen LogP contribution is 2.27. The fraction of sp³-hybridized carbons (Fsp3) is 0.167. The first-order valence-electron chi connectivity index (χ1n) is 6.11. The maximum Gasteiger partial charge on any atom is 0.433 e. The Bertz CT molecular complexity index is 752. The first-order valence-corrected chi connectivity index (χ1v) is 6.99. The second-order valence-corrected chi connectivity index (χ2v) is 5.15. The van der Waals surface area contributed by atoms with Gasteiger partial charge in [-0.05, 0) is 23.6 Å². The second kappa shape index (κ2) is 5.72. The summed E-state index contributed by atoms with van der Waals surface area (Å²) in [5.74, 6) is -0.111. The van der Waals surface area contributed by atoms with Gasteiger partial charge in [0, 0.05) is 6.20 Å². The van der Waals surface area contributed by atoms with Crippen LogP contribution in [0.2, 0.25) is 0 Å². The molecular weight excluding hydrogens is 317 g/mol. The predicted octanol–water partition coefficient (Wildman–Crippen LogP) is 2.75. The number of nitrogens with zero attached hydrogens (tertiary/aromatic N) is 5. The Morgan fingerprint density at radius 2 is 2.14 bits per heavy atom. The zero-order valence-corrected chi connectivity index (χ0v) is 11.8. The number of hydrogen-bond donors (Lipinski definition) is 1. The minimum Gasteiger partial charge on any atom is -0.348 e. The van der Waals surface area contributed by atoms with Crippen LogP contribution in [0, 0.1) is 0 Å². The molecule has 0 aliphatic heterocycles. The van der Waals surface area contributed by atoms with Crippen molar-refractivity contribution in [3.8, 4) is 5.00 Å². The van der Waals surface area contributed by atoms with E-state index in [2.05, 4.69) is 25.6 Å². The number of aromatic nitrogens is 5. The van der Waals surface area contributed by atoms with Crippen molar-refractivity contribution in [3.63, 3.8) is 0 Å². The van der Waals surface area contributed by atoms with Crippen LogP contribution >= 0.6 is 11.3 Å². The lowest BCUT2D eigenvalue weighted by Gasteiger charge is -2.07. The monoisotopic (exact) mass is 326 g/mol. The number of alkyl halides is 3. The van der Waals surface area contributed by atoms with Crippen molar-refractivity contribution < 1.29 is 13.2 Å². The molecule has 3 aromatic rings. The third kappa shape index (κ3) is 3.22. The fourth-order valence-electron chi connectivity index (χ4n) is 1.66. The van der Waals surface area contributed by atoms with Crippen LogP contribution in [0.15, 0.2) is 36.0 Å². The molecule has 114 valence electrons. The Morgan fingerprint density at radius 1 is 1.27 bits per heavy atom. The number of halogens is 3. The molecule has 0 spiro atoms. The highest BCUT2D eigenvalue weighted by molar-refractivity contribution is 7.12. The summed E-state index contributed by atoms with van der Waals surface area (Å²) in [6, 6.07) is 4.58. The third-order valence-corrected chi connectivity index (χ3v) is 3.50. The largest absolute Gasteiger partial charge is 0.433 e. The summed E-state index contributed by atoms with van der Waals surface area (Å²) in [7, 11) is 0. The lowest BCUT2D eigenvalue weighted by atomic mass is 10.4. The Labute approximate surface area is 126 Å². The van der Waals surface area contributed by atoms with E-state index >= 15 is 0 Å². The van der Waals surface area contributed by atoms with Gasteiger partial charge in [-0.1, -0.05) is 5.21 Å². The summed E-state index contributed by atoms with van der Waals surface area (Å²) in [6.07, 6.45) is -1.76. The number of rotatable bonds is 4. The van der Waals surface area contributed by atoms with Gasteiger partial charge in [0.2, 0.25) is 5.95 Å². The number of thiophene rings is 1. The summed E-state index contributed by atoms with van der Waals surface area (Å²) in [4.78, 5) is 7.17. The highest BCUT2D eigenvalue weighted by atomic mass is 32.1. The van der Waals surface area contributed by atoms with E-state index in [1.54, 1.807) is 10.9 Å². The van der Waals surface area contributed by atoms with E-state index in [9.17, 15) is 13.2 Å². The van der Waals surface area contributed by atoms with Crippen molar-refractivity contribution in [1.82, 2.24) is 25.0 Å². The molecule has 0 amide bonds. The number of hydrogen-bond acceptors (Lipinski definition) is 6. The van der Waals surface area contributed by atoms with Gasteiger partial charge in [0.15, 0.2) is 0 Å². The summed E-state index contributed by atoms with van der Waals surface area (Å²) < 4.78 is 39.2. The van der Waals surface area contributed by atoms with Crippen molar-refractivity contribution in [2.24, 2.45) is 0 Å². The molecule has 22 heavy (non-hydrogen) atoms. The van der Waals surface area contributed by atoms with E-state index < -0.39 is 11.9 Å². The van der Waals surface area contributed by atoms with Crippen LogP contribution in [0.1, 0.15) is 11.4 Å². The normalized spacial score (nSPS) is 11.6. The molecule has 0 atom stereocenters. The molecule has 0 bridgehead atoms. The Balaban J connectivity index is 1.68. The maximum absolute atomic E-state index is 12.5. The first kappa shape index (κ1) is 14.4. The van der Waals surface area contributed by atoms with Crippen LogP contribution in [-0.4, -0.2) is 25.0 Å². The molecule has 0 radical (unpaired) electrons. The molecule has 6 nitrogen and oxygen atoms in total. The van der Waals surface area contributed by atoms with E-state index in [0.717, 1.165) is 17.3 Å². The Hall–Kier alpha value is -2.49. The van der Waals surface area contributed by atoms with Crippen LogP contribution in [0.5, 0.6) is 0 Å². The molecule has 0 fully saturated rings. The van der Waals surface area contributed by atoms with E-state index in [4.69, 9.17) is 0 Å². The second-order valence-electron chi connectivity index (χ2n) is 4.22. The molecule has 3 heterocycles. The fourth-order valence-corrected chi connectivity index (χ4v) is 2.31. The quantitative estimate of drug-likeness (QED) is 0.798. The average Bonchev–Trinajstić information content (AvgIpc) is 3.15. The molecule has 3 rings (SSSR count). The topological polar surface area (TPSA) is 68.5 Å². The van der Waals surface area contributed by atoms with Crippen LogP contribution in [-0.2, 0) is 12.7 Å². The molecule has 0 unspecified atom stereocenters. The van der Waals surface area contributed by atoms with E-state index in [1.165, 1.54) is 11.3 Å². The summed E-state index contributed by atoms with van der Waals surface area (Å²) in [5.41, 5.74) is -0.429. The van der Waals surface area contributed by atoms with Crippen LogP contribution in [0.3, 0.4) is 0 Å². The Morgan fingerprint density at radius 3 is 2.86 bits per heavy atom. The van der Waals surface area contributed by atoms with Gasteiger partial charge in [0.1, 0.15) is 16.4 Å². The van der Waals surface area contributed by atoms with E-state index in [0.29, 0.717) is 5.69 Å². The molecular formula is C12H9F3N6S. The maximum atomic E-state index is 12.5. The lowest BCUT2D eigenvalue weighted by Crippen LogP contribution is -2.11. The molecule has 0 saturated carbocycles. The van der Waals surface area contributed by atoms with Crippen molar-refractivity contribution >= 4 is 17.3 Å². The van der Waals surface area contributed by atoms with Gasteiger partial charge >= 0.3 is 6.18 Å². The number of anilines is 1. The minimum absolute atomic E-state index is 0.111. The Kier molecular flexibility index (Phi) is 3.75. The smallest absolute Gasteiger partial charge is 0.348 e. The third-order valence-electron chi connectivity index (χ3n) is 2.65. The van der Waals surface area contributed by atoms with Gasteiger partial charge in [0.25, 0.3) is 0 Å². The van der Waals surface area contributed by atoms with Crippen molar-refractivity contribution in [1.29, 1.82) is 0 Å². The van der Waals surface area contributed by atoms with Crippen molar-refractivity contribution in [3.05, 3.63) is 47.4 Å². The van der Waals surface area contributed by atoms with Gasteiger partial charge in [-0.15, -0.1) is 16.4 Å². The van der Waals surface area contributed by atoms with E-state index in [-0.39, 0.29) is 12.5 Å². The minimum atomic E-state index is -4.50. The molecule has 0 aromatic carbocycles. The van der Waals surface area contributed by atoms with Gasteiger partial charge in [-0.25, -0.2) is 14.6 Å². The first-order chi connectivity index (χ1) is 10.5. The molecule has 10 heteroatoms. The standard InChI is InChI=1S/C12H9F3N6S/c13-12(14,15)9-3-4-16-11(18-9)17-6-8-7-21(20-19-8)10-2-1-5-22-10/h1-5,7H,6H2,(H,16,17,18). The molecule has 0 saturated heterocycles. The zero-order chi connectivity index (χ0) is 15.6. The SMILES string of the molecule is FC(F)(F)c1ccnc(NCc2cn(-c3cccs3)nn2)n1. The molecule has 3 aromatic heterocycles. The van der Waals surface area contributed by atoms with E-state index in [1.807, 2.05) is 17.5 Å². The summed E-state index contributed by atoms with van der Waals surface area (Å²) in [6.45, 7) is 0.173. The molecule has 1 N–H and O–H groups in total.